The number of oxime groups is 1. The summed E-state index contributed by atoms with van der Waals surface area (Å²) >= 11 is 0. The molecule has 0 aliphatic heterocycles. The van der Waals surface area contributed by atoms with Crippen LogP contribution in [-0.4, -0.2) is 23.0 Å². The molecule has 0 aromatic heterocycles. The van der Waals surface area contributed by atoms with E-state index >= 15 is 0 Å². The van der Waals surface area contributed by atoms with Crippen LogP contribution in [0.2, 0.25) is 0 Å². The highest BCUT2D eigenvalue weighted by Gasteiger charge is 2.32. The fourth-order valence-electron chi connectivity index (χ4n) is 2.51. The number of benzene rings is 1. The minimum atomic E-state index is -1.69. The largest absolute Gasteiger partial charge is 0.409 e. The van der Waals surface area contributed by atoms with Crippen molar-refractivity contribution < 1.29 is 23.2 Å². The van der Waals surface area contributed by atoms with Gasteiger partial charge in [0, 0.05) is 12.0 Å². The third-order valence-electron chi connectivity index (χ3n) is 3.61. The highest BCUT2D eigenvalue weighted by molar-refractivity contribution is 5.95. The average molecular weight is 301 g/mol. The van der Waals surface area contributed by atoms with E-state index in [-0.39, 0.29) is 11.8 Å². The molecule has 0 radical (unpaired) electrons. The van der Waals surface area contributed by atoms with Crippen molar-refractivity contribution in [2.24, 2.45) is 16.8 Å². The minimum absolute atomic E-state index is 0.0245. The van der Waals surface area contributed by atoms with Gasteiger partial charge in [-0.1, -0.05) is 11.6 Å². The van der Waals surface area contributed by atoms with Gasteiger partial charge in [-0.05, 0) is 25.0 Å². The predicted octanol–water partition coefficient (Wildman–Crippen LogP) is 1.75. The molecule has 8 heteroatoms. The Balaban J connectivity index is 2.17. The van der Waals surface area contributed by atoms with Gasteiger partial charge in [-0.3, -0.25) is 4.79 Å². The summed E-state index contributed by atoms with van der Waals surface area (Å²) in [6.45, 7) is 0. The lowest BCUT2D eigenvalue weighted by Gasteiger charge is -2.20. The first-order valence-electron chi connectivity index (χ1n) is 6.37. The van der Waals surface area contributed by atoms with Gasteiger partial charge in [-0.2, -0.15) is 0 Å². The zero-order valence-corrected chi connectivity index (χ0v) is 10.9. The molecule has 2 rings (SSSR count). The number of hydrogen-bond donors (Lipinski definition) is 3. The molecule has 0 bridgehead atoms. The van der Waals surface area contributed by atoms with Gasteiger partial charge in [0.25, 0.3) is 5.91 Å². The van der Waals surface area contributed by atoms with E-state index in [0.29, 0.717) is 18.9 Å². The number of carbonyl (C=O) groups excluding carboxylic acids is 1. The molecule has 1 aliphatic rings. The summed E-state index contributed by atoms with van der Waals surface area (Å²) in [5.41, 5.74) is 4.94. The van der Waals surface area contributed by atoms with Crippen LogP contribution in [-0.2, 0) is 0 Å². The second kappa shape index (κ2) is 6.02. The van der Waals surface area contributed by atoms with E-state index in [4.69, 9.17) is 10.9 Å². The van der Waals surface area contributed by atoms with Crippen LogP contribution in [0, 0.1) is 23.4 Å². The third-order valence-corrected chi connectivity index (χ3v) is 3.61. The quantitative estimate of drug-likeness (QED) is 0.261. The van der Waals surface area contributed by atoms with Crippen molar-refractivity contribution in [3.63, 3.8) is 0 Å². The smallest absolute Gasteiger partial charge is 0.254 e. The molecule has 0 spiro atoms. The second-order valence-corrected chi connectivity index (χ2v) is 4.87. The molecule has 1 aromatic rings. The number of rotatable bonds is 3. The molecule has 1 aromatic carbocycles. The SMILES string of the molecule is NC(=NO)C1CCCC1NC(=O)c1ccc(F)c(F)c1F. The highest BCUT2D eigenvalue weighted by atomic mass is 19.2. The van der Waals surface area contributed by atoms with Gasteiger partial charge in [0.05, 0.1) is 5.56 Å². The molecular weight excluding hydrogens is 287 g/mol. The van der Waals surface area contributed by atoms with Gasteiger partial charge >= 0.3 is 0 Å². The molecule has 4 N–H and O–H groups in total. The lowest BCUT2D eigenvalue weighted by atomic mass is 10.0. The van der Waals surface area contributed by atoms with Crippen LogP contribution in [0.1, 0.15) is 29.6 Å². The molecule has 0 heterocycles. The molecule has 2 atom stereocenters. The Morgan fingerprint density at radius 1 is 1.29 bits per heavy atom. The fourth-order valence-corrected chi connectivity index (χ4v) is 2.51. The Morgan fingerprint density at radius 2 is 2.00 bits per heavy atom. The summed E-state index contributed by atoms with van der Waals surface area (Å²) in [6, 6.07) is 1.11. The maximum Gasteiger partial charge on any atom is 0.254 e. The van der Waals surface area contributed by atoms with Gasteiger partial charge in [0.2, 0.25) is 0 Å². The number of hydrogen-bond acceptors (Lipinski definition) is 3. The van der Waals surface area contributed by atoms with Gasteiger partial charge in [0.15, 0.2) is 17.5 Å². The van der Waals surface area contributed by atoms with E-state index in [1.54, 1.807) is 0 Å². The van der Waals surface area contributed by atoms with E-state index in [0.717, 1.165) is 12.5 Å². The van der Waals surface area contributed by atoms with Crippen molar-refractivity contribution in [1.29, 1.82) is 0 Å². The van der Waals surface area contributed by atoms with Crippen molar-refractivity contribution in [1.82, 2.24) is 5.32 Å². The van der Waals surface area contributed by atoms with E-state index in [1.165, 1.54) is 0 Å². The monoisotopic (exact) mass is 301 g/mol. The fraction of sp³-hybridized carbons (Fsp3) is 0.385. The molecule has 1 amide bonds. The van der Waals surface area contributed by atoms with E-state index in [9.17, 15) is 18.0 Å². The van der Waals surface area contributed by atoms with Crippen LogP contribution >= 0.6 is 0 Å². The predicted molar refractivity (Wildman–Crippen MR) is 68.3 cm³/mol. The van der Waals surface area contributed by atoms with Crippen LogP contribution in [0.25, 0.3) is 0 Å². The van der Waals surface area contributed by atoms with Gasteiger partial charge in [0.1, 0.15) is 5.84 Å². The van der Waals surface area contributed by atoms with Crippen LogP contribution in [0.3, 0.4) is 0 Å². The number of nitrogens with two attached hydrogens (primary N) is 1. The minimum Gasteiger partial charge on any atom is -0.409 e. The summed E-state index contributed by atoms with van der Waals surface area (Å²) in [5, 5.41) is 14.1. The second-order valence-electron chi connectivity index (χ2n) is 4.87. The molecule has 5 nitrogen and oxygen atoms in total. The van der Waals surface area contributed by atoms with Crippen molar-refractivity contribution >= 4 is 11.7 Å². The number of halogens is 3. The van der Waals surface area contributed by atoms with Crippen molar-refractivity contribution in [3.8, 4) is 0 Å². The number of amides is 1. The number of nitrogens with one attached hydrogen (secondary N) is 1. The summed E-state index contributed by atoms with van der Waals surface area (Å²) in [5.74, 6) is -5.85. The Kier molecular flexibility index (Phi) is 4.35. The summed E-state index contributed by atoms with van der Waals surface area (Å²) < 4.78 is 39.5. The van der Waals surface area contributed by atoms with Crippen LogP contribution < -0.4 is 11.1 Å². The van der Waals surface area contributed by atoms with Gasteiger partial charge < -0.3 is 16.3 Å². The molecule has 1 saturated carbocycles. The van der Waals surface area contributed by atoms with Gasteiger partial charge in [-0.15, -0.1) is 0 Å². The molecule has 2 unspecified atom stereocenters. The van der Waals surface area contributed by atoms with Crippen LogP contribution in [0.4, 0.5) is 13.2 Å². The standard InChI is InChI=1S/C13H14F3N3O2/c14-8-5-4-7(10(15)11(8)16)13(20)18-9-3-1-2-6(9)12(17)19-21/h4-6,9,21H,1-3H2,(H2,17,19)(H,18,20). The third kappa shape index (κ3) is 2.93. The molecule has 21 heavy (non-hydrogen) atoms. The molecule has 0 saturated heterocycles. The number of amidine groups is 1. The Hall–Kier alpha value is -2.25. The highest BCUT2D eigenvalue weighted by Crippen LogP contribution is 2.26. The first-order valence-corrected chi connectivity index (χ1v) is 6.37. The molecule has 114 valence electrons. The maximum absolute atomic E-state index is 13.5. The Morgan fingerprint density at radius 3 is 2.67 bits per heavy atom. The lowest BCUT2D eigenvalue weighted by Crippen LogP contribution is -2.42. The van der Waals surface area contributed by atoms with E-state index in [2.05, 4.69) is 10.5 Å². The molecular formula is C13H14F3N3O2. The van der Waals surface area contributed by atoms with Crippen molar-refractivity contribution in [2.45, 2.75) is 25.3 Å². The Bertz CT molecular complexity index is 592. The molecule has 1 aliphatic carbocycles. The zero-order chi connectivity index (χ0) is 15.6. The zero-order valence-electron chi connectivity index (χ0n) is 10.9. The summed E-state index contributed by atoms with van der Waals surface area (Å²) in [4.78, 5) is 12.0. The number of nitrogens with zero attached hydrogens (tertiary/aromatic N) is 1. The Labute approximate surface area is 118 Å². The van der Waals surface area contributed by atoms with E-state index in [1.807, 2.05) is 0 Å². The summed E-state index contributed by atoms with van der Waals surface area (Å²) in [7, 11) is 0. The first kappa shape index (κ1) is 15.1. The maximum atomic E-state index is 13.5. The summed E-state index contributed by atoms with van der Waals surface area (Å²) in [6.07, 6.45) is 1.92. The topological polar surface area (TPSA) is 87.7 Å². The van der Waals surface area contributed by atoms with Crippen LogP contribution in [0.5, 0.6) is 0 Å². The molecule has 1 fully saturated rings. The number of carbonyl (C=O) groups is 1. The van der Waals surface area contributed by atoms with Crippen molar-refractivity contribution in [2.75, 3.05) is 0 Å². The normalized spacial score (nSPS) is 22.3. The first-order chi connectivity index (χ1) is 9.95. The lowest BCUT2D eigenvalue weighted by molar-refractivity contribution is 0.0928. The van der Waals surface area contributed by atoms with E-state index < -0.39 is 35.0 Å². The average Bonchev–Trinajstić information content (AvgIpc) is 2.92. The van der Waals surface area contributed by atoms with Gasteiger partial charge in [-0.25, -0.2) is 13.2 Å². The van der Waals surface area contributed by atoms with Crippen molar-refractivity contribution in [3.05, 3.63) is 35.1 Å². The van der Waals surface area contributed by atoms with Crippen LogP contribution in [0.15, 0.2) is 17.3 Å².